The molecule has 0 N–H and O–H groups in total. The maximum Gasteiger partial charge on any atom is 0.154 e. The van der Waals surface area contributed by atoms with Crippen LogP contribution in [-0.2, 0) is 0 Å². The standard InChI is InChI=1S/C54H34N2O/c1-2-15-35(16-3-1)42-23-4-5-24-43(42)40-21-13-19-38(32-40)36-17-12-18-37(31-36)39-20-14-22-41(33-39)55-46-27-8-6-25-44(46)52-49(55)34-51-54-53(52)45-26-7-9-28-47(45)56(54)48-29-10-11-30-50(48)57-51/h1-34H. The Hall–Kier alpha value is -7.62. The number of fused-ring (bicyclic) bond motifs is 9. The minimum absolute atomic E-state index is 0.863. The van der Waals surface area contributed by atoms with Crippen LogP contribution in [-0.4, -0.2) is 9.13 Å². The monoisotopic (exact) mass is 726 g/mol. The molecule has 3 heteroatoms. The summed E-state index contributed by atoms with van der Waals surface area (Å²) in [6.07, 6.45) is 0. The molecule has 57 heavy (non-hydrogen) atoms. The predicted octanol–water partition coefficient (Wildman–Crippen LogP) is 14.7. The number of aromatic nitrogens is 2. The Morgan fingerprint density at radius 1 is 0.316 bits per heavy atom. The van der Waals surface area contributed by atoms with E-state index in [1.807, 2.05) is 6.07 Å². The molecule has 3 heterocycles. The fourth-order valence-electron chi connectivity index (χ4n) is 9.20. The Morgan fingerprint density at radius 2 is 0.842 bits per heavy atom. The van der Waals surface area contributed by atoms with Gasteiger partial charge in [0.1, 0.15) is 0 Å². The SMILES string of the molecule is c1ccc(-c2ccccc2-c2cccc(-c3cccc(-c4cccc(-n5c6ccccc6c6c7c8ccccc8n8c7c(cc65)Oc5ccccc5-8)c4)c3)c2)cc1. The number of ether oxygens (including phenoxy) is 1. The summed E-state index contributed by atoms with van der Waals surface area (Å²) in [6.45, 7) is 0. The van der Waals surface area contributed by atoms with Gasteiger partial charge in [-0.2, -0.15) is 0 Å². The molecular weight excluding hydrogens is 693 g/mol. The Labute approximate surface area is 329 Å². The lowest BCUT2D eigenvalue weighted by Gasteiger charge is -2.21. The molecule has 12 rings (SSSR count). The summed E-state index contributed by atoms with van der Waals surface area (Å²) in [5.74, 6) is 1.73. The van der Waals surface area contributed by atoms with Crippen LogP contribution in [0.2, 0.25) is 0 Å². The summed E-state index contributed by atoms with van der Waals surface area (Å²) in [5, 5.41) is 4.91. The third-order valence-electron chi connectivity index (χ3n) is 11.7. The molecule has 1 aliphatic rings. The first-order valence-corrected chi connectivity index (χ1v) is 19.5. The van der Waals surface area contributed by atoms with Gasteiger partial charge in [-0.15, -0.1) is 0 Å². The molecule has 0 aliphatic carbocycles. The van der Waals surface area contributed by atoms with Crippen LogP contribution in [0.5, 0.6) is 11.5 Å². The first-order chi connectivity index (χ1) is 28.3. The molecule has 3 nitrogen and oxygen atoms in total. The quantitative estimate of drug-likeness (QED) is 0.173. The Bertz CT molecular complexity index is 3390. The van der Waals surface area contributed by atoms with Crippen molar-refractivity contribution in [1.82, 2.24) is 9.13 Å². The molecule has 0 atom stereocenters. The maximum absolute atomic E-state index is 6.75. The van der Waals surface area contributed by atoms with Gasteiger partial charge in [0.2, 0.25) is 0 Å². The van der Waals surface area contributed by atoms with Crippen molar-refractivity contribution in [3.63, 3.8) is 0 Å². The minimum Gasteiger partial charge on any atom is -0.453 e. The number of nitrogens with zero attached hydrogens (tertiary/aromatic N) is 2. The van der Waals surface area contributed by atoms with Crippen LogP contribution in [0.25, 0.3) is 99.5 Å². The smallest absolute Gasteiger partial charge is 0.154 e. The molecule has 0 bridgehead atoms. The van der Waals surface area contributed by atoms with Crippen molar-refractivity contribution in [2.24, 2.45) is 0 Å². The highest BCUT2D eigenvalue weighted by molar-refractivity contribution is 6.30. The number of rotatable bonds is 5. The van der Waals surface area contributed by atoms with Gasteiger partial charge in [0.05, 0.1) is 27.8 Å². The highest BCUT2D eigenvalue weighted by atomic mass is 16.5. The van der Waals surface area contributed by atoms with Gasteiger partial charge < -0.3 is 13.9 Å². The highest BCUT2D eigenvalue weighted by Gasteiger charge is 2.28. The zero-order valence-electron chi connectivity index (χ0n) is 30.9. The summed E-state index contributed by atoms with van der Waals surface area (Å²) in [4.78, 5) is 0. The van der Waals surface area contributed by atoms with Crippen LogP contribution in [0.15, 0.2) is 206 Å². The van der Waals surface area contributed by atoms with E-state index in [0.29, 0.717) is 0 Å². The van der Waals surface area contributed by atoms with E-state index in [9.17, 15) is 0 Å². The van der Waals surface area contributed by atoms with Crippen molar-refractivity contribution in [1.29, 1.82) is 0 Å². The van der Waals surface area contributed by atoms with Gasteiger partial charge in [0.25, 0.3) is 0 Å². The van der Waals surface area contributed by atoms with Crippen molar-refractivity contribution in [2.75, 3.05) is 0 Å². The average molecular weight is 727 g/mol. The van der Waals surface area contributed by atoms with Gasteiger partial charge in [-0.1, -0.05) is 152 Å². The summed E-state index contributed by atoms with van der Waals surface area (Å²) < 4.78 is 11.6. The average Bonchev–Trinajstić information content (AvgIpc) is 3.81. The summed E-state index contributed by atoms with van der Waals surface area (Å²) in [5.41, 5.74) is 16.4. The highest BCUT2D eigenvalue weighted by Crippen LogP contribution is 2.50. The lowest BCUT2D eigenvalue weighted by Crippen LogP contribution is -2.04. The molecule has 0 spiro atoms. The number of hydrogen-bond acceptors (Lipinski definition) is 1. The summed E-state index contributed by atoms with van der Waals surface area (Å²) in [7, 11) is 0. The minimum atomic E-state index is 0.863. The van der Waals surface area contributed by atoms with E-state index in [-0.39, 0.29) is 0 Å². The molecule has 266 valence electrons. The molecule has 1 aliphatic heterocycles. The molecule has 11 aromatic rings. The predicted molar refractivity (Wildman–Crippen MR) is 237 cm³/mol. The van der Waals surface area contributed by atoms with E-state index >= 15 is 0 Å². The number of benzene rings is 9. The van der Waals surface area contributed by atoms with Gasteiger partial charge in [-0.05, 0) is 93.0 Å². The van der Waals surface area contributed by atoms with Gasteiger partial charge >= 0.3 is 0 Å². The third kappa shape index (κ3) is 4.86. The molecule has 0 unspecified atom stereocenters. The van der Waals surface area contributed by atoms with Crippen molar-refractivity contribution in [2.45, 2.75) is 0 Å². The number of para-hydroxylation sites is 4. The Morgan fingerprint density at radius 3 is 1.60 bits per heavy atom. The molecule has 0 saturated carbocycles. The normalized spacial score (nSPS) is 12.0. The van der Waals surface area contributed by atoms with Crippen LogP contribution >= 0.6 is 0 Å². The van der Waals surface area contributed by atoms with Crippen molar-refractivity contribution in [3.8, 4) is 67.4 Å². The van der Waals surface area contributed by atoms with Gasteiger partial charge in [0.15, 0.2) is 11.5 Å². The van der Waals surface area contributed by atoms with Gasteiger partial charge in [-0.3, -0.25) is 0 Å². The Kier molecular flexibility index (Phi) is 6.93. The van der Waals surface area contributed by atoms with E-state index in [1.165, 1.54) is 66.0 Å². The van der Waals surface area contributed by atoms with Gasteiger partial charge in [0, 0.05) is 33.3 Å². The first kappa shape index (κ1) is 31.7. The van der Waals surface area contributed by atoms with E-state index in [1.54, 1.807) is 0 Å². The lowest BCUT2D eigenvalue weighted by atomic mass is 9.92. The van der Waals surface area contributed by atoms with Crippen LogP contribution in [0.3, 0.4) is 0 Å². The van der Waals surface area contributed by atoms with Crippen LogP contribution in [0.4, 0.5) is 0 Å². The number of hydrogen-bond donors (Lipinski definition) is 0. The lowest BCUT2D eigenvalue weighted by molar-refractivity contribution is 0.477. The van der Waals surface area contributed by atoms with Gasteiger partial charge in [-0.25, -0.2) is 0 Å². The first-order valence-electron chi connectivity index (χ1n) is 19.5. The zero-order valence-corrected chi connectivity index (χ0v) is 30.9. The Balaban J connectivity index is 1.01. The van der Waals surface area contributed by atoms with E-state index in [2.05, 4.69) is 209 Å². The van der Waals surface area contributed by atoms with E-state index in [4.69, 9.17) is 4.74 Å². The van der Waals surface area contributed by atoms with Crippen molar-refractivity contribution in [3.05, 3.63) is 206 Å². The maximum atomic E-state index is 6.75. The summed E-state index contributed by atoms with van der Waals surface area (Å²) in [6, 6.07) is 74.3. The van der Waals surface area contributed by atoms with Crippen LogP contribution < -0.4 is 4.74 Å². The topological polar surface area (TPSA) is 19.1 Å². The van der Waals surface area contributed by atoms with E-state index < -0.39 is 0 Å². The van der Waals surface area contributed by atoms with Crippen molar-refractivity contribution < 1.29 is 4.74 Å². The molecule has 0 saturated heterocycles. The molecule has 0 amide bonds. The molecular formula is C54H34N2O. The van der Waals surface area contributed by atoms with Crippen molar-refractivity contribution >= 4 is 43.6 Å². The molecule has 0 radical (unpaired) electrons. The molecule has 0 fully saturated rings. The second-order valence-electron chi connectivity index (χ2n) is 14.9. The fourth-order valence-corrected chi connectivity index (χ4v) is 9.20. The second-order valence-corrected chi connectivity index (χ2v) is 14.9. The van der Waals surface area contributed by atoms with E-state index in [0.717, 1.165) is 45.0 Å². The second kappa shape index (κ2) is 12.5. The summed E-state index contributed by atoms with van der Waals surface area (Å²) >= 11 is 0. The molecule has 2 aromatic heterocycles. The molecule has 9 aromatic carbocycles. The fraction of sp³-hybridized carbons (Fsp3) is 0. The van der Waals surface area contributed by atoms with Crippen LogP contribution in [0, 0.1) is 0 Å². The zero-order chi connectivity index (χ0) is 37.5. The third-order valence-corrected chi connectivity index (χ3v) is 11.7. The largest absolute Gasteiger partial charge is 0.453 e. The van der Waals surface area contributed by atoms with Crippen LogP contribution in [0.1, 0.15) is 0 Å².